The van der Waals surface area contributed by atoms with Gasteiger partial charge in [-0.1, -0.05) is 11.6 Å². The van der Waals surface area contributed by atoms with Crippen molar-refractivity contribution in [2.24, 2.45) is 0 Å². The van der Waals surface area contributed by atoms with Crippen LogP contribution in [0.25, 0.3) is 0 Å². The quantitative estimate of drug-likeness (QED) is 0.474. The molecule has 0 radical (unpaired) electrons. The van der Waals surface area contributed by atoms with Gasteiger partial charge in [0.2, 0.25) is 0 Å². The van der Waals surface area contributed by atoms with Crippen molar-refractivity contribution >= 4 is 11.6 Å². The van der Waals surface area contributed by atoms with Crippen LogP contribution in [-0.2, 0) is 0 Å². The minimum absolute atomic E-state index is 0.873. The van der Waals surface area contributed by atoms with Gasteiger partial charge in [0.1, 0.15) is 6.67 Å². The van der Waals surface area contributed by atoms with Crippen molar-refractivity contribution in [3.63, 3.8) is 0 Å². The van der Waals surface area contributed by atoms with Crippen LogP contribution in [0.15, 0.2) is 0 Å². The molecule has 1 atom stereocenters. The first-order chi connectivity index (χ1) is 2.27. The number of alkyl halides is 2. The molecule has 0 aliphatic carbocycles. The van der Waals surface area contributed by atoms with Crippen LogP contribution in [-0.4, -0.2) is 17.3 Å². The Hall–Kier alpha value is 0.180. The summed E-state index contributed by atoms with van der Waals surface area (Å²) in [6, 6.07) is 0. The molecule has 0 amide bonds. The van der Waals surface area contributed by atoms with Crippen LogP contribution >= 0.6 is 11.6 Å². The second-order valence-electron chi connectivity index (χ2n) is 0.589. The highest BCUT2D eigenvalue weighted by Crippen LogP contribution is 1.86. The van der Waals surface area contributed by atoms with E-state index in [9.17, 15) is 4.39 Å². The van der Waals surface area contributed by atoms with Gasteiger partial charge in [-0.15, -0.1) is 0 Å². The molecule has 0 bridgehead atoms. The second kappa shape index (κ2) is 2.42. The SMILES string of the molecule is OC(Cl)CF. The molecule has 0 rings (SSSR count). The van der Waals surface area contributed by atoms with Crippen molar-refractivity contribution in [1.29, 1.82) is 0 Å². The molecule has 0 heterocycles. The molecule has 1 nitrogen and oxygen atoms in total. The van der Waals surface area contributed by atoms with Crippen LogP contribution in [0.4, 0.5) is 4.39 Å². The molecule has 32 valence electrons. The highest BCUT2D eigenvalue weighted by atomic mass is 35.5. The van der Waals surface area contributed by atoms with Gasteiger partial charge in [0, 0.05) is 0 Å². The highest BCUT2D eigenvalue weighted by molar-refractivity contribution is 6.19. The first-order valence-corrected chi connectivity index (χ1v) is 1.59. The van der Waals surface area contributed by atoms with Gasteiger partial charge in [-0.2, -0.15) is 0 Å². The van der Waals surface area contributed by atoms with E-state index >= 15 is 0 Å². The largest absolute Gasteiger partial charge is 0.375 e. The number of hydrogen-bond donors (Lipinski definition) is 1. The van der Waals surface area contributed by atoms with E-state index in [1.807, 2.05) is 0 Å². The summed E-state index contributed by atoms with van der Waals surface area (Å²) in [5, 5.41) is 7.75. The minimum Gasteiger partial charge on any atom is -0.375 e. The minimum atomic E-state index is -1.31. The van der Waals surface area contributed by atoms with Crippen molar-refractivity contribution < 1.29 is 9.50 Å². The van der Waals surface area contributed by atoms with Gasteiger partial charge >= 0.3 is 0 Å². The van der Waals surface area contributed by atoms with E-state index in [0.29, 0.717) is 0 Å². The number of aliphatic hydroxyl groups excluding tert-OH is 1. The molecule has 0 aromatic rings. The molecular formula is C2H4ClFO. The summed E-state index contributed by atoms with van der Waals surface area (Å²) in [6.45, 7) is -0.873. The molecule has 0 aromatic carbocycles. The Morgan fingerprint density at radius 3 is 2.20 bits per heavy atom. The summed E-state index contributed by atoms with van der Waals surface area (Å²) >= 11 is 4.64. The molecule has 0 saturated carbocycles. The molecule has 0 spiro atoms. The van der Waals surface area contributed by atoms with Gasteiger partial charge in [0.05, 0.1) is 0 Å². The van der Waals surface area contributed by atoms with Gasteiger partial charge in [0.25, 0.3) is 0 Å². The second-order valence-corrected chi connectivity index (χ2v) is 1.09. The van der Waals surface area contributed by atoms with Gasteiger partial charge in [-0.3, -0.25) is 0 Å². The van der Waals surface area contributed by atoms with Crippen LogP contribution in [0, 0.1) is 0 Å². The van der Waals surface area contributed by atoms with Crippen LogP contribution < -0.4 is 0 Å². The van der Waals surface area contributed by atoms with E-state index in [-0.39, 0.29) is 0 Å². The highest BCUT2D eigenvalue weighted by Gasteiger charge is 1.89. The normalized spacial score (nSPS) is 15.0. The van der Waals surface area contributed by atoms with Crippen molar-refractivity contribution in [3.8, 4) is 0 Å². The fraction of sp³-hybridized carbons (Fsp3) is 1.00. The fourth-order valence-corrected chi connectivity index (χ4v) is 0. The van der Waals surface area contributed by atoms with Gasteiger partial charge in [0.15, 0.2) is 5.56 Å². The first-order valence-electron chi connectivity index (χ1n) is 1.15. The van der Waals surface area contributed by atoms with E-state index in [4.69, 9.17) is 5.11 Å². The lowest BCUT2D eigenvalue weighted by molar-refractivity contribution is 0.214. The zero-order valence-electron chi connectivity index (χ0n) is 2.49. The van der Waals surface area contributed by atoms with E-state index in [0.717, 1.165) is 0 Å². The molecule has 3 heteroatoms. The lowest BCUT2D eigenvalue weighted by atomic mass is 10.8. The third-order valence-electron chi connectivity index (χ3n) is 0.127. The first kappa shape index (κ1) is 5.18. The maximum Gasteiger partial charge on any atom is 0.156 e. The molecule has 0 saturated heterocycles. The number of rotatable bonds is 1. The molecule has 0 fully saturated rings. The van der Waals surface area contributed by atoms with Crippen LogP contribution in [0.5, 0.6) is 0 Å². The maximum atomic E-state index is 10.7. The van der Waals surface area contributed by atoms with Crippen molar-refractivity contribution in [2.75, 3.05) is 6.67 Å². The Bertz CT molecular complexity index is 23.6. The van der Waals surface area contributed by atoms with Crippen molar-refractivity contribution in [1.82, 2.24) is 0 Å². The Morgan fingerprint density at radius 1 is 2.00 bits per heavy atom. The van der Waals surface area contributed by atoms with Gasteiger partial charge < -0.3 is 5.11 Å². The van der Waals surface area contributed by atoms with Gasteiger partial charge in [-0.25, -0.2) is 4.39 Å². The van der Waals surface area contributed by atoms with E-state index in [1.54, 1.807) is 0 Å². The number of aliphatic hydroxyl groups is 1. The summed E-state index contributed by atoms with van der Waals surface area (Å²) < 4.78 is 10.7. The van der Waals surface area contributed by atoms with E-state index in [1.165, 1.54) is 0 Å². The summed E-state index contributed by atoms with van der Waals surface area (Å²) in [7, 11) is 0. The standard InChI is InChI=1S/C2H4ClFO/c3-2(5)1-4/h2,5H,1H2. The van der Waals surface area contributed by atoms with Crippen LogP contribution in [0.3, 0.4) is 0 Å². The predicted octanol–water partition coefficient (Wildman–Crippen LogP) is 0.513. The lowest BCUT2D eigenvalue weighted by Crippen LogP contribution is -1.95. The Labute approximate surface area is 34.4 Å². The number of hydrogen-bond acceptors (Lipinski definition) is 1. The zero-order valence-corrected chi connectivity index (χ0v) is 3.24. The monoisotopic (exact) mass is 98.0 g/mol. The molecular weight excluding hydrogens is 94.5 g/mol. The Morgan fingerprint density at radius 2 is 2.20 bits per heavy atom. The topological polar surface area (TPSA) is 20.2 Å². The third-order valence-corrected chi connectivity index (χ3v) is 0.244. The Balaban J connectivity index is 2.54. The summed E-state index contributed by atoms with van der Waals surface area (Å²) in [6.07, 6.45) is 0. The molecule has 5 heavy (non-hydrogen) atoms. The molecule has 0 aromatic heterocycles. The van der Waals surface area contributed by atoms with Crippen LogP contribution in [0.2, 0.25) is 0 Å². The Kier molecular flexibility index (Phi) is 2.51. The molecule has 0 aliphatic rings. The summed E-state index contributed by atoms with van der Waals surface area (Å²) in [5.74, 6) is 0. The van der Waals surface area contributed by atoms with E-state index < -0.39 is 12.2 Å². The third kappa shape index (κ3) is 4.18. The average molecular weight is 98.5 g/mol. The van der Waals surface area contributed by atoms with E-state index in [2.05, 4.69) is 11.6 Å². The lowest BCUT2D eigenvalue weighted by Gasteiger charge is -1.84. The molecule has 0 aliphatic heterocycles. The maximum absolute atomic E-state index is 10.7. The van der Waals surface area contributed by atoms with Crippen LogP contribution in [0.1, 0.15) is 0 Å². The molecule has 1 N–H and O–H groups in total. The molecule has 1 unspecified atom stereocenters. The fourth-order valence-electron chi connectivity index (χ4n) is 0. The van der Waals surface area contributed by atoms with Crippen molar-refractivity contribution in [2.45, 2.75) is 5.56 Å². The average Bonchev–Trinajstić information content (AvgIpc) is 1.38. The summed E-state index contributed by atoms with van der Waals surface area (Å²) in [4.78, 5) is 0. The van der Waals surface area contributed by atoms with Gasteiger partial charge in [-0.05, 0) is 0 Å². The zero-order chi connectivity index (χ0) is 4.28. The number of halogens is 2. The van der Waals surface area contributed by atoms with Crippen molar-refractivity contribution in [3.05, 3.63) is 0 Å². The smallest absolute Gasteiger partial charge is 0.156 e. The predicted molar refractivity (Wildman–Crippen MR) is 17.8 cm³/mol. The summed E-state index contributed by atoms with van der Waals surface area (Å²) in [5.41, 5.74) is -1.31.